The summed E-state index contributed by atoms with van der Waals surface area (Å²) in [6.07, 6.45) is 5.39. The normalized spacial score (nSPS) is 20.1. The van der Waals surface area contributed by atoms with E-state index in [-0.39, 0.29) is 5.91 Å². The summed E-state index contributed by atoms with van der Waals surface area (Å²) in [5, 5.41) is 6.25. The van der Waals surface area contributed by atoms with E-state index in [9.17, 15) is 4.79 Å². The first-order chi connectivity index (χ1) is 7.81. The molecule has 0 bridgehead atoms. The third-order valence-electron chi connectivity index (χ3n) is 3.39. The number of hydrogen-bond acceptors (Lipinski definition) is 3. The van der Waals surface area contributed by atoms with E-state index in [4.69, 9.17) is 4.74 Å². The third-order valence-corrected chi connectivity index (χ3v) is 3.39. The smallest absolute Gasteiger partial charge is 0.234 e. The van der Waals surface area contributed by atoms with Gasteiger partial charge in [0.2, 0.25) is 5.91 Å². The van der Waals surface area contributed by atoms with E-state index < -0.39 is 0 Å². The number of carbonyl (C=O) groups excluding carboxylic acids is 1. The number of ether oxygens (including phenoxy) is 1. The molecule has 0 heterocycles. The van der Waals surface area contributed by atoms with Gasteiger partial charge >= 0.3 is 0 Å². The molecule has 0 aromatic carbocycles. The van der Waals surface area contributed by atoms with Crippen LogP contribution < -0.4 is 10.6 Å². The maximum Gasteiger partial charge on any atom is 0.234 e. The Bertz CT molecular complexity index is 225. The summed E-state index contributed by atoms with van der Waals surface area (Å²) in [6, 6.07) is 0.605. The minimum Gasteiger partial charge on any atom is -0.383 e. The second-order valence-electron chi connectivity index (χ2n) is 4.92. The van der Waals surface area contributed by atoms with E-state index >= 15 is 0 Å². The van der Waals surface area contributed by atoms with Gasteiger partial charge in [-0.1, -0.05) is 0 Å². The summed E-state index contributed by atoms with van der Waals surface area (Å²) >= 11 is 0. The zero-order chi connectivity index (χ0) is 11.4. The van der Waals surface area contributed by atoms with Gasteiger partial charge in [0, 0.05) is 19.7 Å². The van der Waals surface area contributed by atoms with Crippen LogP contribution in [0.1, 0.15) is 25.7 Å². The van der Waals surface area contributed by atoms with E-state index in [0.717, 1.165) is 11.8 Å². The predicted molar refractivity (Wildman–Crippen MR) is 62.1 cm³/mol. The number of methoxy groups -OCH3 is 1. The molecule has 1 amide bonds. The number of rotatable bonds is 8. The molecule has 2 N–H and O–H groups in total. The van der Waals surface area contributed by atoms with Gasteiger partial charge in [-0.25, -0.2) is 0 Å². The second kappa shape index (κ2) is 5.64. The van der Waals surface area contributed by atoms with Crippen molar-refractivity contribution in [2.24, 2.45) is 11.8 Å². The molecule has 0 unspecified atom stereocenters. The van der Waals surface area contributed by atoms with Crippen molar-refractivity contribution in [1.82, 2.24) is 10.6 Å². The fourth-order valence-electron chi connectivity index (χ4n) is 2.19. The van der Waals surface area contributed by atoms with Crippen LogP contribution in [0.4, 0.5) is 0 Å². The van der Waals surface area contributed by atoms with Crippen molar-refractivity contribution in [3.05, 3.63) is 0 Å². The molecule has 4 heteroatoms. The first kappa shape index (κ1) is 11.9. The highest BCUT2D eigenvalue weighted by atomic mass is 16.5. The Hall–Kier alpha value is -0.610. The van der Waals surface area contributed by atoms with Crippen molar-refractivity contribution in [3.63, 3.8) is 0 Å². The number of hydrogen-bond donors (Lipinski definition) is 2. The molecule has 4 nitrogen and oxygen atoms in total. The van der Waals surface area contributed by atoms with Gasteiger partial charge in [-0.2, -0.15) is 0 Å². The molecule has 0 radical (unpaired) electrons. The highest BCUT2D eigenvalue weighted by molar-refractivity contribution is 5.78. The quantitative estimate of drug-likeness (QED) is 0.594. The van der Waals surface area contributed by atoms with Crippen molar-refractivity contribution >= 4 is 5.91 Å². The molecular weight excluding hydrogens is 204 g/mol. The Kier molecular flexibility index (Phi) is 4.18. The van der Waals surface area contributed by atoms with Crippen molar-refractivity contribution in [2.45, 2.75) is 31.7 Å². The molecule has 2 fully saturated rings. The van der Waals surface area contributed by atoms with E-state index in [2.05, 4.69) is 10.6 Å². The first-order valence-corrected chi connectivity index (χ1v) is 6.30. The summed E-state index contributed by atoms with van der Waals surface area (Å²) in [7, 11) is 1.64. The molecule has 2 saturated carbocycles. The SMILES string of the molecule is COCCNC(=O)CNC(C1CC1)C1CC1. The molecule has 0 saturated heterocycles. The minimum atomic E-state index is 0.0864. The molecular formula is C12H22N2O2. The van der Waals surface area contributed by atoms with Gasteiger partial charge in [-0.3, -0.25) is 4.79 Å². The first-order valence-electron chi connectivity index (χ1n) is 6.30. The van der Waals surface area contributed by atoms with Crippen molar-refractivity contribution in [3.8, 4) is 0 Å². The molecule has 2 aliphatic carbocycles. The summed E-state index contributed by atoms with van der Waals surface area (Å²) in [6.45, 7) is 1.65. The third kappa shape index (κ3) is 3.76. The van der Waals surface area contributed by atoms with Crippen LogP contribution in [0, 0.1) is 11.8 Å². The Morgan fingerprint density at radius 3 is 2.44 bits per heavy atom. The maximum atomic E-state index is 11.5. The van der Waals surface area contributed by atoms with Crippen LogP contribution in [0.2, 0.25) is 0 Å². The number of carbonyl (C=O) groups is 1. The zero-order valence-corrected chi connectivity index (χ0v) is 10.00. The fraction of sp³-hybridized carbons (Fsp3) is 0.917. The van der Waals surface area contributed by atoms with Gasteiger partial charge in [0.1, 0.15) is 0 Å². The van der Waals surface area contributed by atoms with E-state index in [0.29, 0.717) is 25.7 Å². The molecule has 0 aromatic rings. The summed E-state index contributed by atoms with van der Waals surface area (Å²) in [5.41, 5.74) is 0. The average Bonchev–Trinajstić information content (AvgIpc) is 3.13. The van der Waals surface area contributed by atoms with Crippen molar-refractivity contribution in [2.75, 3.05) is 26.8 Å². The van der Waals surface area contributed by atoms with Crippen LogP contribution in [-0.4, -0.2) is 38.8 Å². The van der Waals surface area contributed by atoms with Crippen LogP contribution in [0.15, 0.2) is 0 Å². The lowest BCUT2D eigenvalue weighted by molar-refractivity contribution is -0.120. The predicted octanol–water partition coefficient (Wildman–Crippen LogP) is 0.527. The maximum absolute atomic E-state index is 11.5. The Labute approximate surface area is 97.1 Å². The van der Waals surface area contributed by atoms with E-state index in [1.54, 1.807) is 7.11 Å². The largest absolute Gasteiger partial charge is 0.383 e. The van der Waals surface area contributed by atoms with Crippen LogP contribution in [0.25, 0.3) is 0 Å². The topological polar surface area (TPSA) is 50.4 Å². The van der Waals surface area contributed by atoms with Crippen molar-refractivity contribution in [1.29, 1.82) is 0 Å². The molecule has 0 atom stereocenters. The number of amides is 1. The number of nitrogens with one attached hydrogen (secondary N) is 2. The highest BCUT2D eigenvalue weighted by Crippen LogP contribution is 2.44. The van der Waals surface area contributed by atoms with Gasteiger partial charge in [0.05, 0.1) is 13.2 Å². The lowest BCUT2D eigenvalue weighted by Gasteiger charge is -2.17. The van der Waals surface area contributed by atoms with E-state index in [1.165, 1.54) is 25.7 Å². The Morgan fingerprint density at radius 1 is 1.31 bits per heavy atom. The Morgan fingerprint density at radius 2 is 1.94 bits per heavy atom. The van der Waals surface area contributed by atoms with Crippen LogP contribution in [0.5, 0.6) is 0 Å². The minimum absolute atomic E-state index is 0.0864. The summed E-state index contributed by atoms with van der Waals surface area (Å²) < 4.78 is 4.88. The summed E-state index contributed by atoms with van der Waals surface area (Å²) in [5.74, 6) is 1.78. The van der Waals surface area contributed by atoms with Gasteiger partial charge in [0.25, 0.3) is 0 Å². The Balaban J connectivity index is 1.59. The molecule has 0 aliphatic heterocycles. The molecule has 0 aromatic heterocycles. The molecule has 0 spiro atoms. The van der Waals surface area contributed by atoms with E-state index in [1.807, 2.05) is 0 Å². The lowest BCUT2D eigenvalue weighted by Crippen LogP contribution is -2.42. The van der Waals surface area contributed by atoms with Crippen LogP contribution >= 0.6 is 0 Å². The van der Waals surface area contributed by atoms with Crippen LogP contribution in [-0.2, 0) is 9.53 Å². The van der Waals surface area contributed by atoms with Gasteiger partial charge in [-0.15, -0.1) is 0 Å². The fourth-order valence-corrected chi connectivity index (χ4v) is 2.19. The highest BCUT2D eigenvalue weighted by Gasteiger charge is 2.41. The molecule has 2 rings (SSSR count). The van der Waals surface area contributed by atoms with Crippen molar-refractivity contribution < 1.29 is 9.53 Å². The monoisotopic (exact) mass is 226 g/mol. The van der Waals surface area contributed by atoms with Gasteiger partial charge < -0.3 is 15.4 Å². The lowest BCUT2D eigenvalue weighted by atomic mass is 10.1. The second-order valence-corrected chi connectivity index (χ2v) is 4.92. The molecule has 16 heavy (non-hydrogen) atoms. The molecule has 92 valence electrons. The standard InChI is InChI=1S/C12H22N2O2/c1-16-7-6-13-11(15)8-14-12(9-2-3-9)10-4-5-10/h9-10,12,14H,2-8H2,1H3,(H,13,15). The van der Waals surface area contributed by atoms with Gasteiger partial charge in [0.15, 0.2) is 0 Å². The zero-order valence-electron chi connectivity index (χ0n) is 10.00. The molecule has 2 aliphatic rings. The average molecular weight is 226 g/mol. The van der Waals surface area contributed by atoms with Crippen LogP contribution in [0.3, 0.4) is 0 Å². The van der Waals surface area contributed by atoms with Gasteiger partial charge in [-0.05, 0) is 37.5 Å². The summed E-state index contributed by atoms with van der Waals surface area (Å²) in [4.78, 5) is 11.5.